The number of methoxy groups -OCH3 is 1. The number of aliphatic carboxylic acids is 1. The topological polar surface area (TPSA) is 131 Å². The Morgan fingerprint density at radius 1 is 1.21 bits per heavy atom. The van der Waals surface area contributed by atoms with E-state index in [4.69, 9.17) is 14.1 Å². The predicted octanol–water partition coefficient (Wildman–Crippen LogP) is 4.98. The monoisotopic (exact) mass is 518 g/mol. The van der Waals surface area contributed by atoms with Gasteiger partial charge in [-0.2, -0.15) is 0 Å². The number of anilines is 1. The third-order valence-corrected chi connectivity index (χ3v) is 8.10. The average molecular weight is 519 g/mol. The number of carbonyl (C=O) groups is 2. The van der Waals surface area contributed by atoms with Gasteiger partial charge in [-0.3, -0.25) is 14.7 Å². The average Bonchev–Trinajstić information content (AvgIpc) is 3.56. The standard InChI is InChI=1S/C28H30N4O6/c1-15-6-7-19-21(31(15)28(36)37-2)8-9-22-24(19)30-26(32(22)18-5-3-4-17(12-18)27(34)35)25(33)20-13-16-10-11-38-23(16)14-29-20/h8-11,13-15,17-18,25,33H,3-7,12H2,1-2H3,(H,34,35)/t15-,17?,18?,25?/m0/s1. The normalized spacial score (nSPS) is 22.4. The first kappa shape index (κ1) is 24.4. The number of rotatable bonds is 4. The number of hydrogen-bond donors (Lipinski definition) is 2. The molecule has 3 aromatic heterocycles. The quantitative estimate of drug-likeness (QED) is 0.387. The number of fused-ring (bicyclic) bond motifs is 4. The summed E-state index contributed by atoms with van der Waals surface area (Å²) in [7, 11) is 1.37. The highest BCUT2D eigenvalue weighted by Crippen LogP contribution is 2.42. The number of imidazole rings is 1. The van der Waals surface area contributed by atoms with Crippen molar-refractivity contribution in [3.63, 3.8) is 0 Å². The molecule has 2 aliphatic rings. The van der Waals surface area contributed by atoms with Crippen molar-refractivity contribution in [3.05, 3.63) is 53.8 Å². The van der Waals surface area contributed by atoms with Crippen LogP contribution in [0.15, 0.2) is 41.1 Å². The molecule has 10 heteroatoms. The highest BCUT2D eigenvalue weighted by atomic mass is 16.5. The fourth-order valence-electron chi connectivity index (χ4n) is 6.16. The van der Waals surface area contributed by atoms with E-state index in [1.165, 1.54) is 7.11 Å². The van der Waals surface area contributed by atoms with Crippen LogP contribution in [0.5, 0.6) is 0 Å². The molecule has 0 bridgehead atoms. The van der Waals surface area contributed by atoms with E-state index < -0.39 is 24.1 Å². The Kier molecular flexibility index (Phi) is 6.06. The van der Waals surface area contributed by atoms with Crippen molar-refractivity contribution in [3.8, 4) is 0 Å². The number of furan rings is 1. The summed E-state index contributed by atoms with van der Waals surface area (Å²) in [6.07, 6.45) is 5.71. The number of ether oxygens (including phenoxy) is 1. The summed E-state index contributed by atoms with van der Waals surface area (Å²) in [4.78, 5) is 35.6. The van der Waals surface area contributed by atoms with Crippen LogP contribution in [0.4, 0.5) is 10.5 Å². The number of aryl methyl sites for hydroxylation is 1. The number of aliphatic hydroxyl groups excluding tert-OH is 1. The minimum Gasteiger partial charge on any atom is -0.481 e. The van der Waals surface area contributed by atoms with Crippen LogP contribution in [-0.4, -0.2) is 50.0 Å². The van der Waals surface area contributed by atoms with Gasteiger partial charge in [-0.1, -0.05) is 6.42 Å². The van der Waals surface area contributed by atoms with E-state index in [-0.39, 0.29) is 12.1 Å². The zero-order chi connectivity index (χ0) is 26.6. The molecule has 0 radical (unpaired) electrons. The highest BCUT2D eigenvalue weighted by molar-refractivity contribution is 5.95. The lowest BCUT2D eigenvalue weighted by Gasteiger charge is -2.34. The maximum atomic E-state index is 12.6. The Balaban J connectivity index is 1.53. The van der Waals surface area contributed by atoms with Gasteiger partial charge in [0.15, 0.2) is 11.7 Å². The second kappa shape index (κ2) is 9.43. The molecule has 1 saturated carbocycles. The van der Waals surface area contributed by atoms with Gasteiger partial charge in [0.1, 0.15) is 5.82 Å². The van der Waals surface area contributed by atoms with Gasteiger partial charge in [0, 0.05) is 23.0 Å². The molecule has 1 aliphatic heterocycles. The van der Waals surface area contributed by atoms with E-state index in [1.54, 1.807) is 23.4 Å². The highest BCUT2D eigenvalue weighted by Gasteiger charge is 2.35. The molecule has 6 rings (SSSR count). The molecule has 3 unspecified atom stereocenters. The maximum absolute atomic E-state index is 12.6. The van der Waals surface area contributed by atoms with Crippen LogP contribution in [0.1, 0.15) is 68.3 Å². The number of carbonyl (C=O) groups excluding carboxylic acids is 1. The minimum atomic E-state index is -1.14. The van der Waals surface area contributed by atoms with E-state index >= 15 is 0 Å². The number of nitrogens with zero attached hydrogens (tertiary/aromatic N) is 4. The summed E-state index contributed by atoms with van der Waals surface area (Å²) in [5.74, 6) is -0.832. The Bertz CT molecular complexity index is 1540. The first-order valence-electron chi connectivity index (χ1n) is 13.0. The zero-order valence-corrected chi connectivity index (χ0v) is 21.3. The lowest BCUT2D eigenvalue weighted by molar-refractivity contribution is -0.143. The summed E-state index contributed by atoms with van der Waals surface area (Å²) >= 11 is 0. The summed E-state index contributed by atoms with van der Waals surface area (Å²) < 4.78 is 12.5. The van der Waals surface area contributed by atoms with Crippen molar-refractivity contribution in [2.75, 3.05) is 12.0 Å². The van der Waals surface area contributed by atoms with Gasteiger partial charge in [0.25, 0.3) is 0 Å². The second-order valence-corrected chi connectivity index (χ2v) is 10.3. The van der Waals surface area contributed by atoms with Gasteiger partial charge in [-0.15, -0.1) is 0 Å². The van der Waals surface area contributed by atoms with Crippen molar-refractivity contribution >= 4 is 39.8 Å². The number of aromatic nitrogens is 3. The third kappa shape index (κ3) is 3.91. The van der Waals surface area contributed by atoms with Crippen LogP contribution in [0.25, 0.3) is 22.0 Å². The molecule has 4 aromatic rings. The Hall–Kier alpha value is -3.92. The van der Waals surface area contributed by atoms with Crippen molar-refractivity contribution in [1.82, 2.24) is 14.5 Å². The van der Waals surface area contributed by atoms with Gasteiger partial charge in [0.2, 0.25) is 0 Å². The van der Waals surface area contributed by atoms with Crippen molar-refractivity contribution in [1.29, 1.82) is 0 Å². The minimum absolute atomic E-state index is 0.0277. The van der Waals surface area contributed by atoms with E-state index in [0.29, 0.717) is 35.5 Å². The molecule has 0 spiro atoms. The molecule has 10 nitrogen and oxygen atoms in total. The van der Waals surface area contributed by atoms with Gasteiger partial charge in [-0.25, -0.2) is 9.78 Å². The molecule has 1 amide bonds. The van der Waals surface area contributed by atoms with Crippen LogP contribution in [0.3, 0.4) is 0 Å². The van der Waals surface area contributed by atoms with Crippen LogP contribution in [0, 0.1) is 5.92 Å². The number of benzene rings is 1. The largest absolute Gasteiger partial charge is 0.481 e. The van der Waals surface area contributed by atoms with Crippen LogP contribution in [-0.2, 0) is 16.0 Å². The van der Waals surface area contributed by atoms with Crippen molar-refractivity contribution < 1.29 is 29.0 Å². The lowest BCUT2D eigenvalue weighted by Crippen LogP contribution is -2.42. The molecule has 4 atom stereocenters. The molecule has 4 heterocycles. The van der Waals surface area contributed by atoms with Crippen LogP contribution in [0.2, 0.25) is 0 Å². The van der Waals surface area contributed by atoms with Crippen molar-refractivity contribution in [2.45, 2.75) is 63.6 Å². The van der Waals surface area contributed by atoms with Crippen LogP contribution < -0.4 is 4.90 Å². The Morgan fingerprint density at radius 2 is 2.05 bits per heavy atom. The fourth-order valence-corrected chi connectivity index (χ4v) is 6.16. The molecule has 2 N–H and O–H groups in total. The van der Waals surface area contributed by atoms with Gasteiger partial charge < -0.3 is 23.9 Å². The van der Waals surface area contributed by atoms with Gasteiger partial charge in [-0.05, 0) is 63.3 Å². The van der Waals surface area contributed by atoms with E-state index in [0.717, 1.165) is 47.8 Å². The zero-order valence-electron chi connectivity index (χ0n) is 21.3. The van der Waals surface area contributed by atoms with E-state index in [9.17, 15) is 19.8 Å². The molecule has 1 aromatic carbocycles. The van der Waals surface area contributed by atoms with Gasteiger partial charge in [0.05, 0.1) is 47.9 Å². The number of aliphatic hydroxyl groups is 1. The second-order valence-electron chi connectivity index (χ2n) is 10.3. The smallest absolute Gasteiger partial charge is 0.414 e. The lowest BCUT2D eigenvalue weighted by atomic mass is 9.85. The summed E-state index contributed by atoms with van der Waals surface area (Å²) in [5.41, 5.74) is 4.24. The third-order valence-electron chi connectivity index (χ3n) is 8.10. The van der Waals surface area contributed by atoms with E-state index in [1.807, 2.05) is 29.7 Å². The molecule has 1 aliphatic carbocycles. The fraction of sp³-hybridized carbons (Fsp3) is 0.429. The Labute approximate surface area is 218 Å². The molecular weight excluding hydrogens is 488 g/mol. The summed E-state index contributed by atoms with van der Waals surface area (Å²) in [5, 5.41) is 22.2. The van der Waals surface area contributed by atoms with Crippen molar-refractivity contribution in [2.24, 2.45) is 5.92 Å². The molecule has 38 heavy (non-hydrogen) atoms. The number of carboxylic acid groups (broad SMARTS) is 1. The first-order chi connectivity index (χ1) is 18.4. The molecule has 198 valence electrons. The summed E-state index contributed by atoms with van der Waals surface area (Å²) in [6.45, 7) is 1.99. The number of carboxylic acids is 1. The van der Waals surface area contributed by atoms with E-state index in [2.05, 4.69) is 4.98 Å². The number of pyridine rings is 1. The summed E-state index contributed by atoms with van der Waals surface area (Å²) in [6, 6.07) is 7.25. The maximum Gasteiger partial charge on any atom is 0.414 e. The SMILES string of the molecule is COC(=O)N1c2ccc3c(nc(C(O)c4cc5ccoc5cn4)n3C3CCCC(C(=O)O)C3)c2CC[C@@H]1C. The van der Waals surface area contributed by atoms with Crippen LogP contribution >= 0.6 is 0 Å². The molecule has 1 fully saturated rings. The Morgan fingerprint density at radius 3 is 2.84 bits per heavy atom. The predicted molar refractivity (Wildman–Crippen MR) is 139 cm³/mol. The first-order valence-corrected chi connectivity index (χ1v) is 13.0. The number of hydrogen-bond acceptors (Lipinski definition) is 7. The number of amides is 1. The molecule has 0 saturated heterocycles. The molecular formula is C28H30N4O6. The van der Waals surface area contributed by atoms with Gasteiger partial charge >= 0.3 is 12.1 Å².